The molecule has 0 unspecified atom stereocenters. The molecule has 0 aliphatic rings. The summed E-state index contributed by atoms with van der Waals surface area (Å²) in [6.07, 6.45) is 3.63. The molecule has 2 aromatic rings. The highest BCUT2D eigenvalue weighted by atomic mass is 16.3. The monoisotopic (exact) mass is 203 g/mol. The predicted molar refractivity (Wildman–Crippen MR) is 62.9 cm³/mol. The number of fused-ring (bicyclic) bond motifs is 1. The Balaban J connectivity index is 2.34. The van der Waals surface area contributed by atoms with E-state index in [2.05, 4.69) is 42.1 Å². The second-order valence-corrected chi connectivity index (χ2v) is 4.16. The number of aryl methyl sites for hydroxylation is 2. The van der Waals surface area contributed by atoms with Gasteiger partial charge in [-0.15, -0.1) is 0 Å². The molecule has 0 fully saturated rings. The Labute approximate surface area is 90.2 Å². The minimum absolute atomic E-state index is 0.219. The Morgan fingerprint density at radius 2 is 2.13 bits per heavy atom. The van der Waals surface area contributed by atoms with Crippen molar-refractivity contribution in [3.63, 3.8) is 0 Å². The third-order valence-electron chi connectivity index (χ3n) is 2.85. The van der Waals surface area contributed by atoms with Crippen LogP contribution < -0.4 is 0 Å². The lowest BCUT2D eigenvalue weighted by atomic mass is 10.0. The topological polar surface area (TPSA) is 25.2 Å². The highest BCUT2D eigenvalue weighted by Crippen LogP contribution is 2.20. The molecule has 0 spiro atoms. The summed E-state index contributed by atoms with van der Waals surface area (Å²) >= 11 is 0. The molecule has 80 valence electrons. The maximum Gasteiger partial charge on any atom is 0.0515 e. The molecule has 0 saturated heterocycles. The number of benzene rings is 1. The molecule has 0 aliphatic carbocycles. The van der Waals surface area contributed by atoms with E-state index in [4.69, 9.17) is 0 Å². The third kappa shape index (κ3) is 2.05. The van der Waals surface area contributed by atoms with Crippen LogP contribution in [0.1, 0.15) is 18.9 Å². The van der Waals surface area contributed by atoms with Crippen LogP contribution in [0, 0.1) is 0 Å². The van der Waals surface area contributed by atoms with E-state index in [1.165, 1.54) is 16.5 Å². The summed E-state index contributed by atoms with van der Waals surface area (Å²) in [7, 11) is 2.06. The van der Waals surface area contributed by atoms with Crippen LogP contribution >= 0.6 is 0 Å². The summed E-state index contributed by atoms with van der Waals surface area (Å²) in [5.41, 5.74) is 2.59. The van der Waals surface area contributed by atoms with E-state index in [1.807, 2.05) is 6.92 Å². The van der Waals surface area contributed by atoms with Crippen LogP contribution in [0.2, 0.25) is 0 Å². The Kier molecular flexibility index (Phi) is 2.78. The highest BCUT2D eigenvalue weighted by Gasteiger charge is 2.04. The van der Waals surface area contributed by atoms with E-state index in [9.17, 15) is 5.11 Å². The minimum Gasteiger partial charge on any atom is -0.393 e. The summed E-state index contributed by atoms with van der Waals surface area (Å²) in [6, 6.07) is 8.50. The molecular weight excluding hydrogens is 186 g/mol. The summed E-state index contributed by atoms with van der Waals surface area (Å²) in [4.78, 5) is 0. The summed E-state index contributed by atoms with van der Waals surface area (Å²) in [5.74, 6) is 0. The number of aromatic nitrogens is 1. The molecule has 1 aromatic heterocycles. The first-order valence-electron chi connectivity index (χ1n) is 5.39. The Morgan fingerprint density at radius 1 is 1.33 bits per heavy atom. The largest absolute Gasteiger partial charge is 0.393 e. The second-order valence-electron chi connectivity index (χ2n) is 4.16. The Morgan fingerprint density at radius 3 is 2.87 bits per heavy atom. The SMILES string of the molecule is C[C@@H](O)CCc1cccc2c1ccn2C. The fraction of sp³-hybridized carbons (Fsp3) is 0.385. The van der Waals surface area contributed by atoms with Gasteiger partial charge in [0.15, 0.2) is 0 Å². The summed E-state index contributed by atoms with van der Waals surface area (Å²) in [6.45, 7) is 1.84. The molecule has 0 radical (unpaired) electrons. The normalized spacial score (nSPS) is 13.3. The molecular formula is C13H17NO. The minimum atomic E-state index is -0.219. The van der Waals surface area contributed by atoms with E-state index in [1.54, 1.807) is 0 Å². The number of rotatable bonds is 3. The van der Waals surface area contributed by atoms with Crippen LogP contribution in [0.3, 0.4) is 0 Å². The van der Waals surface area contributed by atoms with Gasteiger partial charge in [-0.05, 0) is 37.5 Å². The quantitative estimate of drug-likeness (QED) is 0.814. The van der Waals surface area contributed by atoms with Gasteiger partial charge in [-0.1, -0.05) is 12.1 Å². The first kappa shape index (κ1) is 10.2. The zero-order valence-electron chi connectivity index (χ0n) is 9.27. The van der Waals surface area contributed by atoms with Gasteiger partial charge in [-0.3, -0.25) is 0 Å². The molecule has 2 nitrogen and oxygen atoms in total. The highest BCUT2D eigenvalue weighted by molar-refractivity contribution is 5.83. The molecule has 0 bridgehead atoms. The Hall–Kier alpha value is -1.28. The number of aliphatic hydroxyl groups excluding tert-OH is 1. The molecule has 1 N–H and O–H groups in total. The van der Waals surface area contributed by atoms with Gasteiger partial charge in [0.1, 0.15) is 0 Å². The Bertz CT molecular complexity index is 457. The van der Waals surface area contributed by atoms with Crippen molar-refractivity contribution in [3.8, 4) is 0 Å². The van der Waals surface area contributed by atoms with Crippen LogP contribution in [-0.2, 0) is 13.5 Å². The van der Waals surface area contributed by atoms with E-state index in [-0.39, 0.29) is 6.10 Å². The first-order chi connectivity index (χ1) is 7.18. The maximum atomic E-state index is 9.29. The van der Waals surface area contributed by atoms with Crippen molar-refractivity contribution in [1.82, 2.24) is 4.57 Å². The van der Waals surface area contributed by atoms with Gasteiger partial charge in [0.25, 0.3) is 0 Å². The molecule has 0 saturated carbocycles. The average Bonchev–Trinajstić information content (AvgIpc) is 2.58. The fourth-order valence-corrected chi connectivity index (χ4v) is 1.95. The van der Waals surface area contributed by atoms with Crippen molar-refractivity contribution in [2.24, 2.45) is 7.05 Å². The van der Waals surface area contributed by atoms with Crippen molar-refractivity contribution >= 4 is 10.9 Å². The zero-order valence-corrected chi connectivity index (χ0v) is 9.27. The van der Waals surface area contributed by atoms with Crippen LogP contribution in [0.4, 0.5) is 0 Å². The number of hydrogen-bond donors (Lipinski definition) is 1. The lowest BCUT2D eigenvalue weighted by Gasteiger charge is -2.06. The lowest BCUT2D eigenvalue weighted by molar-refractivity contribution is 0.185. The van der Waals surface area contributed by atoms with Gasteiger partial charge in [0.05, 0.1) is 6.10 Å². The van der Waals surface area contributed by atoms with E-state index >= 15 is 0 Å². The molecule has 1 heterocycles. The van der Waals surface area contributed by atoms with E-state index < -0.39 is 0 Å². The summed E-state index contributed by atoms with van der Waals surface area (Å²) < 4.78 is 2.13. The van der Waals surface area contributed by atoms with Gasteiger partial charge < -0.3 is 9.67 Å². The van der Waals surface area contributed by atoms with Gasteiger partial charge in [-0.2, -0.15) is 0 Å². The van der Waals surface area contributed by atoms with Crippen LogP contribution in [0.25, 0.3) is 10.9 Å². The van der Waals surface area contributed by atoms with Crippen LogP contribution in [-0.4, -0.2) is 15.8 Å². The van der Waals surface area contributed by atoms with Crippen molar-refractivity contribution in [3.05, 3.63) is 36.0 Å². The van der Waals surface area contributed by atoms with E-state index in [0.717, 1.165) is 12.8 Å². The molecule has 15 heavy (non-hydrogen) atoms. The van der Waals surface area contributed by atoms with Crippen molar-refractivity contribution < 1.29 is 5.11 Å². The third-order valence-corrected chi connectivity index (χ3v) is 2.85. The molecule has 0 aliphatic heterocycles. The van der Waals surface area contributed by atoms with Crippen LogP contribution in [0.15, 0.2) is 30.5 Å². The molecule has 1 atom stereocenters. The number of hydrogen-bond acceptors (Lipinski definition) is 1. The van der Waals surface area contributed by atoms with Crippen molar-refractivity contribution in [2.45, 2.75) is 25.9 Å². The van der Waals surface area contributed by atoms with Crippen molar-refractivity contribution in [2.75, 3.05) is 0 Å². The molecule has 0 amide bonds. The first-order valence-corrected chi connectivity index (χ1v) is 5.39. The standard InChI is InChI=1S/C13H17NO/c1-10(15)6-7-11-4-3-5-13-12(11)8-9-14(13)2/h3-5,8-10,15H,6-7H2,1-2H3/t10-/m1/s1. The van der Waals surface area contributed by atoms with Gasteiger partial charge in [0.2, 0.25) is 0 Å². The fourth-order valence-electron chi connectivity index (χ4n) is 1.95. The van der Waals surface area contributed by atoms with Gasteiger partial charge >= 0.3 is 0 Å². The second kappa shape index (κ2) is 4.07. The molecule has 1 aromatic carbocycles. The predicted octanol–water partition coefficient (Wildman–Crippen LogP) is 2.49. The average molecular weight is 203 g/mol. The van der Waals surface area contributed by atoms with Crippen LogP contribution in [0.5, 0.6) is 0 Å². The molecule has 2 rings (SSSR count). The van der Waals surface area contributed by atoms with E-state index in [0.29, 0.717) is 0 Å². The number of nitrogens with zero attached hydrogens (tertiary/aromatic N) is 1. The lowest BCUT2D eigenvalue weighted by Crippen LogP contribution is -2.01. The van der Waals surface area contributed by atoms with Gasteiger partial charge in [-0.25, -0.2) is 0 Å². The van der Waals surface area contributed by atoms with Crippen molar-refractivity contribution in [1.29, 1.82) is 0 Å². The molecule has 2 heteroatoms. The number of aliphatic hydroxyl groups is 1. The smallest absolute Gasteiger partial charge is 0.0515 e. The summed E-state index contributed by atoms with van der Waals surface area (Å²) in [5, 5.41) is 10.6. The van der Waals surface area contributed by atoms with Gasteiger partial charge in [0, 0.05) is 24.1 Å². The maximum absolute atomic E-state index is 9.29. The zero-order chi connectivity index (χ0) is 10.8.